The summed E-state index contributed by atoms with van der Waals surface area (Å²) < 4.78 is 1.88. The molecule has 26 heavy (non-hydrogen) atoms. The van der Waals surface area contributed by atoms with Crippen molar-refractivity contribution in [3.63, 3.8) is 0 Å². The Morgan fingerprint density at radius 1 is 1.15 bits per heavy atom. The van der Waals surface area contributed by atoms with E-state index in [-0.39, 0.29) is 11.9 Å². The predicted octanol–water partition coefficient (Wildman–Crippen LogP) is 2.97. The van der Waals surface area contributed by atoms with Crippen LogP contribution >= 0.6 is 0 Å². The summed E-state index contributed by atoms with van der Waals surface area (Å²) in [5.74, 6) is 0.704. The molecule has 4 aromatic rings. The molecule has 1 aromatic carbocycles. The molecule has 1 atom stereocenters. The first-order valence-electron chi connectivity index (χ1n) is 8.83. The molecule has 7 heteroatoms. The Balaban J connectivity index is 1.51. The lowest BCUT2D eigenvalue weighted by Gasteiger charge is -2.35. The number of hydrogen-bond donors (Lipinski definition) is 1. The number of nitrogens with zero attached hydrogens (tertiary/aromatic N) is 5. The Bertz CT molecular complexity index is 1100. The van der Waals surface area contributed by atoms with Gasteiger partial charge in [0.05, 0.1) is 29.1 Å². The zero-order valence-electron chi connectivity index (χ0n) is 14.2. The van der Waals surface area contributed by atoms with Gasteiger partial charge in [0.1, 0.15) is 0 Å². The summed E-state index contributed by atoms with van der Waals surface area (Å²) in [7, 11) is 0. The minimum absolute atomic E-state index is 0.0181. The normalized spacial score (nSPS) is 17.8. The summed E-state index contributed by atoms with van der Waals surface area (Å²) in [5.41, 5.74) is 3.32. The summed E-state index contributed by atoms with van der Waals surface area (Å²) in [5, 5.41) is 0. The van der Waals surface area contributed by atoms with Gasteiger partial charge in [0.15, 0.2) is 0 Å². The van der Waals surface area contributed by atoms with Crippen molar-refractivity contribution in [3.8, 4) is 0 Å². The molecule has 0 radical (unpaired) electrons. The highest BCUT2D eigenvalue weighted by atomic mass is 16.2. The van der Waals surface area contributed by atoms with E-state index >= 15 is 0 Å². The van der Waals surface area contributed by atoms with Crippen LogP contribution in [0.2, 0.25) is 0 Å². The molecule has 0 spiro atoms. The predicted molar refractivity (Wildman–Crippen MR) is 96.7 cm³/mol. The quantitative estimate of drug-likeness (QED) is 0.605. The topological polar surface area (TPSA) is 79.2 Å². The van der Waals surface area contributed by atoms with Crippen molar-refractivity contribution in [2.45, 2.75) is 25.3 Å². The van der Waals surface area contributed by atoms with Crippen molar-refractivity contribution >= 4 is 22.7 Å². The zero-order chi connectivity index (χ0) is 17.5. The van der Waals surface area contributed by atoms with Gasteiger partial charge in [-0.05, 0) is 43.5 Å². The number of aromatic nitrogens is 5. The second kappa shape index (κ2) is 5.94. The van der Waals surface area contributed by atoms with E-state index < -0.39 is 0 Å². The number of nitrogens with one attached hydrogen (secondary N) is 1. The molecule has 1 fully saturated rings. The number of carbonyl (C=O) groups excluding carboxylic acids is 1. The van der Waals surface area contributed by atoms with Crippen molar-refractivity contribution in [3.05, 3.63) is 60.4 Å². The number of benzene rings is 1. The van der Waals surface area contributed by atoms with E-state index in [9.17, 15) is 4.79 Å². The molecule has 1 saturated heterocycles. The maximum atomic E-state index is 13.2. The van der Waals surface area contributed by atoms with Crippen molar-refractivity contribution in [2.24, 2.45) is 0 Å². The molecule has 4 heterocycles. The van der Waals surface area contributed by atoms with Gasteiger partial charge in [-0.25, -0.2) is 15.0 Å². The molecule has 1 amide bonds. The number of piperidine rings is 1. The number of fused-ring (bicyclic) bond motifs is 2. The number of aromatic amines is 1. The lowest BCUT2D eigenvalue weighted by Crippen LogP contribution is -2.39. The minimum Gasteiger partial charge on any atom is -0.345 e. The molecular formula is C19H18N6O. The van der Waals surface area contributed by atoms with Crippen LogP contribution in [-0.4, -0.2) is 41.7 Å². The lowest BCUT2D eigenvalue weighted by molar-refractivity contribution is 0.0606. The van der Waals surface area contributed by atoms with Crippen molar-refractivity contribution in [1.29, 1.82) is 0 Å². The van der Waals surface area contributed by atoms with Crippen LogP contribution in [0, 0.1) is 0 Å². The molecular weight excluding hydrogens is 328 g/mol. The highest BCUT2D eigenvalue weighted by Gasteiger charge is 2.30. The van der Waals surface area contributed by atoms with Crippen LogP contribution in [0.3, 0.4) is 0 Å². The van der Waals surface area contributed by atoms with Gasteiger partial charge < -0.3 is 9.88 Å². The van der Waals surface area contributed by atoms with Crippen molar-refractivity contribution in [2.75, 3.05) is 6.54 Å². The SMILES string of the molecule is O=C(c1ccc2nc[nH]c2c1)N1CCCC[C@H]1c1ccn2ccnc2n1. The third-order valence-corrected chi connectivity index (χ3v) is 5.06. The highest BCUT2D eigenvalue weighted by Crippen LogP contribution is 2.31. The number of H-pyrrole nitrogens is 1. The fraction of sp³-hybridized carbons (Fsp3) is 0.263. The Morgan fingerprint density at radius 2 is 2.12 bits per heavy atom. The summed E-state index contributed by atoms with van der Waals surface area (Å²) >= 11 is 0. The second-order valence-electron chi connectivity index (χ2n) is 6.63. The number of rotatable bonds is 2. The van der Waals surface area contributed by atoms with Crippen LogP contribution in [-0.2, 0) is 0 Å². The number of carbonyl (C=O) groups is 1. The summed E-state index contributed by atoms with van der Waals surface area (Å²) in [6.45, 7) is 0.742. The van der Waals surface area contributed by atoms with Crippen LogP contribution in [0.5, 0.6) is 0 Å². The van der Waals surface area contributed by atoms with Crippen molar-refractivity contribution in [1.82, 2.24) is 29.2 Å². The van der Waals surface area contributed by atoms with Crippen LogP contribution in [0.15, 0.2) is 49.2 Å². The fourth-order valence-electron chi connectivity index (χ4n) is 3.72. The third kappa shape index (κ3) is 2.44. The van der Waals surface area contributed by atoms with E-state index in [1.165, 1.54) is 0 Å². The van der Waals surface area contributed by atoms with Gasteiger partial charge in [0, 0.05) is 30.7 Å². The molecule has 0 aliphatic carbocycles. The molecule has 1 N–H and O–H groups in total. The van der Waals surface area contributed by atoms with Crippen LogP contribution in [0.4, 0.5) is 0 Å². The maximum Gasteiger partial charge on any atom is 0.254 e. The first kappa shape index (κ1) is 15.1. The number of hydrogen-bond acceptors (Lipinski definition) is 4. The Kier molecular flexibility index (Phi) is 3.44. The van der Waals surface area contributed by atoms with Gasteiger partial charge in [0.25, 0.3) is 5.91 Å². The maximum absolute atomic E-state index is 13.2. The third-order valence-electron chi connectivity index (χ3n) is 5.06. The molecule has 0 saturated carbocycles. The summed E-state index contributed by atoms with van der Waals surface area (Å²) in [4.78, 5) is 31.4. The number of amides is 1. The first-order chi connectivity index (χ1) is 12.8. The van der Waals surface area contributed by atoms with Gasteiger partial charge in [-0.15, -0.1) is 0 Å². The van der Waals surface area contributed by atoms with Crippen molar-refractivity contribution < 1.29 is 4.79 Å². The smallest absolute Gasteiger partial charge is 0.254 e. The standard InChI is InChI=1S/C19H18N6O/c26-18(13-4-5-14-16(11-13)22-12-21-14)25-8-2-1-3-17(25)15-6-9-24-10-7-20-19(24)23-15/h4-7,9-12,17H,1-3,8H2,(H,21,22)/t17-/m0/s1. The first-order valence-corrected chi connectivity index (χ1v) is 8.83. The van der Waals surface area contributed by atoms with E-state index in [1.807, 2.05) is 46.0 Å². The molecule has 0 bridgehead atoms. The molecule has 0 unspecified atom stereocenters. The number of imidazole rings is 2. The summed E-state index contributed by atoms with van der Waals surface area (Å²) in [6, 6.07) is 7.58. The lowest BCUT2D eigenvalue weighted by atomic mass is 9.98. The zero-order valence-corrected chi connectivity index (χ0v) is 14.2. The Morgan fingerprint density at radius 3 is 3.08 bits per heavy atom. The van der Waals surface area contributed by atoms with E-state index in [0.717, 1.165) is 42.5 Å². The van der Waals surface area contributed by atoms with Crippen LogP contribution < -0.4 is 0 Å². The van der Waals surface area contributed by atoms with Crippen LogP contribution in [0.25, 0.3) is 16.8 Å². The molecule has 7 nitrogen and oxygen atoms in total. The average molecular weight is 346 g/mol. The van der Waals surface area contributed by atoms with Gasteiger partial charge in [-0.2, -0.15) is 0 Å². The molecule has 3 aromatic heterocycles. The molecule has 130 valence electrons. The van der Waals surface area contributed by atoms with E-state index in [4.69, 9.17) is 0 Å². The van der Waals surface area contributed by atoms with Gasteiger partial charge >= 0.3 is 0 Å². The molecule has 1 aliphatic rings. The van der Waals surface area contributed by atoms with Gasteiger partial charge in [-0.3, -0.25) is 9.20 Å². The molecule has 1 aliphatic heterocycles. The summed E-state index contributed by atoms with van der Waals surface area (Å²) in [6.07, 6.45) is 10.2. The Labute approximate surface area is 149 Å². The number of likely N-dealkylation sites (tertiary alicyclic amines) is 1. The van der Waals surface area contributed by atoms with E-state index in [1.54, 1.807) is 12.5 Å². The van der Waals surface area contributed by atoms with Crippen LogP contribution in [0.1, 0.15) is 41.4 Å². The van der Waals surface area contributed by atoms with Gasteiger partial charge in [0.2, 0.25) is 5.78 Å². The average Bonchev–Trinajstić information content (AvgIpc) is 3.35. The minimum atomic E-state index is -0.0181. The van der Waals surface area contributed by atoms with E-state index in [0.29, 0.717) is 11.3 Å². The highest BCUT2D eigenvalue weighted by molar-refractivity contribution is 5.97. The second-order valence-corrected chi connectivity index (χ2v) is 6.63. The monoisotopic (exact) mass is 346 g/mol. The fourth-order valence-corrected chi connectivity index (χ4v) is 3.72. The Hall–Kier alpha value is -3.22. The van der Waals surface area contributed by atoms with E-state index in [2.05, 4.69) is 19.9 Å². The molecule has 5 rings (SSSR count). The largest absolute Gasteiger partial charge is 0.345 e. The van der Waals surface area contributed by atoms with Gasteiger partial charge in [-0.1, -0.05) is 0 Å².